The van der Waals surface area contributed by atoms with Gasteiger partial charge in [-0.2, -0.15) is 0 Å². The monoisotopic (exact) mass is 520 g/mol. The summed E-state index contributed by atoms with van der Waals surface area (Å²) in [5.41, 5.74) is 9.67. The maximum Gasteiger partial charge on any atom is 0.199 e. The fraction of sp³-hybridized carbons (Fsp3) is 0.280. The molecule has 0 fully saturated rings. The lowest BCUT2D eigenvalue weighted by Crippen LogP contribution is -2.23. The zero-order valence-electron chi connectivity index (χ0n) is 20.6. The van der Waals surface area contributed by atoms with Crippen molar-refractivity contribution < 1.29 is 24.7 Å². The molecule has 0 unspecified atom stereocenters. The maximum absolute atomic E-state index is 10.3. The van der Waals surface area contributed by atoms with Crippen LogP contribution in [0.3, 0.4) is 0 Å². The summed E-state index contributed by atoms with van der Waals surface area (Å²) in [6.45, 7) is 3.79. The summed E-state index contributed by atoms with van der Waals surface area (Å²) in [6.07, 6.45) is 3.32. The van der Waals surface area contributed by atoms with Crippen molar-refractivity contribution in [1.82, 2.24) is 35.1 Å². The molecule has 7 N–H and O–H groups in total. The molecule has 1 aromatic carbocycles. The van der Waals surface area contributed by atoms with Crippen molar-refractivity contribution in [2.75, 3.05) is 25.4 Å². The number of imidazole rings is 1. The van der Waals surface area contributed by atoms with Crippen LogP contribution in [0, 0.1) is 0 Å². The van der Waals surface area contributed by atoms with Crippen LogP contribution < -0.4 is 15.8 Å². The fourth-order valence-corrected chi connectivity index (χ4v) is 4.22. The van der Waals surface area contributed by atoms with E-state index in [1.807, 2.05) is 29.8 Å². The lowest BCUT2D eigenvalue weighted by atomic mass is 10.1. The maximum atomic E-state index is 10.3. The predicted octanol–water partition coefficient (Wildman–Crippen LogP) is 2.58. The molecule has 1 atom stereocenters. The molecular weight excluding hydrogens is 492 g/mol. The fourth-order valence-electron chi connectivity index (χ4n) is 4.22. The average Bonchev–Trinajstić information content (AvgIpc) is 3.67. The molecule has 0 saturated carbocycles. The first-order valence-electron chi connectivity index (χ1n) is 12.1. The van der Waals surface area contributed by atoms with Crippen LogP contribution in [-0.2, 0) is 6.54 Å². The number of aromatic amines is 1. The number of aliphatic hydroxyl groups is 1. The van der Waals surface area contributed by atoms with Crippen molar-refractivity contribution in [2.45, 2.75) is 26.0 Å². The van der Waals surface area contributed by atoms with Gasteiger partial charge in [0.25, 0.3) is 0 Å². The Morgan fingerprint density at radius 1 is 1.18 bits per heavy atom. The number of anilines is 1. The second kappa shape index (κ2) is 10.8. The van der Waals surface area contributed by atoms with E-state index in [1.54, 1.807) is 12.3 Å². The number of benzene rings is 1. The quantitative estimate of drug-likeness (QED) is 0.111. The smallest absolute Gasteiger partial charge is 0.199 e. The first-order chi connectivity index (χ1) is 18.5. The van der Waals surface area contributed by atoms with E-state index < -0.39 is 6.10 Å². The van der Waals surface area contributed by atoms with E-state index in [2.05, 4.69) is 25.6 Å². The normalized spacial score (nSPS) is 12.3. The first-order valence-corrected chi connectivity index (χ1v) is 12.1. The Morgan fingerprint density at radius 3 is 2.76 bits per heavy atom. The topological polar surface area (TPSA) is 193 Å². The Hall–Kier alpha value is -4.62. The van der Waals surface area contributed by atoms with Gasteiger partial charge in [0, 0.05) is 19.3 Å². The molecule has 4 aromatic heterocycles. The van der Waals surface area contributed by atoms with Gasteiger partial charge >= 0.3 is 0 Å². The number of aliphatic hydroxyl groups excluding tert-OH is 1. The third kappa shape index (κ3) is 4.84. The van der Waals surface area contributed by atoms with Gasteiger partial charge in [0.05, 0.1) is 24.6 Å². The largest absolute Gasteiger partial charge is 0.504 e. The van der Waals surface area contributed by atoms with Crippen molar-refractivity contribution in [3.8, 4) is 40.2 Å². The zero-order chi connectivity index (χ0) is 26.6. The molecule has 0 saturated heterocycles. The highest BCUT2D eigenvalue weighted by molar-refractivity contribution is 5.95. The summed E-state index contributed by atoms with van der Waals surface area (Å²) in [4.78, 5) is 12.6. The summed E-state index contributed by atoms with van der Waals surface area (Å²) >= 11 is 0. The number of hydrogen-bond acceptors (Lipinski definition) is 11. The molecule has 5 rings (SSSR count). The van der Waals surface area contributed by atoms with Gasteiger partial charge in [0.2, 0.25) is 0 Å². The lowest BCUT2D eigenvalue weighted by Gasteiger charge is -2.14. The number of hydrogen-bond donors (Lipinski definition) is 6. The highest BCUT2D eigenvalue weighted by atomic mass is 16.6. The SMILES string of the molecule is CCn1c(-c2nonc2N)nc2c(-c3ccc[nH]3)ncc(OCCCNC[C@H](O)c3ccc(O)c(O)c3)c21. The summed E-state index contributed by atoms with van der Waals surface area (Å²) in [6, 6.07) is 8.05. The zero-order valence-corrected chi connectivity index (χ0v) is 20.6. The van der Waals surface area contributed by atoms with Gasteiger partial charge in [-0.3, -0.25) is 0 Å². The van der Waals surface area contributed by atoms with E-state index in [9.17, 15) is 15.3 Å². The highest BCUT2D eigenvalue weighted by Gasteiger charge is 2.24. The van der Waals surface area contributed by atoms with Gasteiger partial charge in [0.15, 0.2) is 34.6 Å². The Kier molecular flexibility index (Phi) is 7.11. The number of rotatable bonds is 11. The Labute approximate surface area is 216 Å². The van der Waals surface area contributed by atoms with E-state index in [4.69, 9.17) is 20.1 Å². The van der Waals surface area contributed by atoms with Crippen LogP contribution in [-0.4, -0.2) is 64.8 Å². The number of aromatic nitrogens is 6. The van der Waals surface area contributed by atoms with E-state index in [1.165, 1.54) is 12.1 Å². The first kappa shape index (κ1) is 25.0. The van der Waals surface area contributed by atoms with Crippen LogP contribution in [0.25, 0.3) is 33.9 Å². The number of aryl methyl sites for hydroxylation is 1. The van der Waals surface area contributed by atoms with Crippen molar-refractivity contribution in [3.05, 3.63) is 48.3 Å². The number of ether oxygens (including phenoxy) is 1. The number of H-pyrrole nitrogens is 1. The number of aromatic hydroxyl groups is 2. The number of nitrogens with two attached hydrogens (primary N) is 1. The molecular formula is C25H28N8O5. The van der Waals surface area contributed by atoms with Crippen LogP contribution in [0.5, 0.6) is 17.2 Å². The predicted molar refractivity (Wildman–Crippen MR) is 138 cm³/mol. The molecule has 0 aliphatic carbocycles. The van der Waals surface area contributed by atoms with E-state index in [0.717, 1.165) is 11.2 Å². The van der Waals surface area contributed by atoms with Gasteiger partial charge in [-0.25, -0.2) is 14.6 Å². The van der Waals surface area contributed by atoms with E-state index in [-0.39, 0.29) is 23.9 Å². The molecule has 13 heteroatoms. The van der Waals surface area contributed by atoms with E-state index >= 15 is 0 Å². The second-order valence-electron chi connectivity index (χ2n) is 8.60. The number of phenols is 2. The molecule has 198 valence electrons. The van der Waals surface area contributed by atoms with E-state index in [0.29, 0.717) is 60.2 Å². The molecule has 38 heavy (non-hydrogen) atoms. The molecule has 0 bridgehead atoms. The molecule has 4 heterocycles. The highest BCUT2D eigenvalue weighted by Crippen LogP contribution is 2.36. The number of phenolic OH excluding ortho intramolecular Hbond substituents is 2. The molecule has 0 spiro atoms. The summed E-state index contributed by atoms with van der Waals surface area (Å²) < 4.78 is 12.9. The third-order valence-corrected chi connectivity index (χ3v) is 6.11. The molecule has 13 nitrogen and oxygen atoms in total. The van der Waals surface area contributed by atoms with Crippen molar-refractivity contribution in [1.29, 1.82) is 0 Å². The third-order valence-electron chi connectivity index (χ3n) is 6.11. The average molecular weight is 521 g/mol. The molecule has 0 aliphatic heterocycles. The molecule has 0 aliphatic rings. The number of nitrogens with one attached hydrogen (secondary N) is 2. The summed E-state index contributed by atoms with van der Waals surface area (Å²) in [5.74, 6) is 0.707. The molecule has 0 amide bonds. The van der Waals surface area contributed by atoms with Crippen LogP contribution >= 0.6 is 0 Å². The van der Waals surface area contributed by atoms with Gasteiger partial charge in [-0.15, -0.1) is 0 Å². The molecule has 5 aromatic rings. The number of nitrogens with zero attached hydrogens (tertiary/aromatic N) is 5. The summed E-state index contributed by atoms with van der Waals surface area (Å²) in [5, 5.41) is 40.2. The Bertz CT molecular complexity index is 1530. The Balaban J connectivity index is 1.30. The van der Waals surface area contributed by atoms with Gasteiger partial charge in [-0.1, -0.05) is 6.07 Å². The lowest BCUT2D eigenvalue weighted by molar-refractivity contribution is 0.173. The second-order valence-corrected chi connectivity index (χ2v) is 8.60. The van der Waals surface area contributed by atoms with Gasteiger partial charge in [0.1, 0.15) is 16.7 Å². The Morgan fingerprint density at radius 2 is 2.05 bits per heavy atom. The molecule has 0 radical (unpaired) electrons. The number of nitrogen functional groups attached to an aromatic ring is 1. The van der Waals surface area contributed by atoms with Crippen LogP contribution in [0.1, 0.15) is 25.0 Å². The van der Waals surface area contributed by atoms with Gasteiger partial charge in [-0.05, 0) is 60.0 Å². The van der Waals surface area contributed by atoms with Crippen LogP contribution in [0.15, 0.2) is 47.4 Å². The standard InChI is InChI=1S/C25H28N8O5/c1-2-33-23-19(37-10-4-8-27-12-18(36)14-6-7-16(34)17(35)11-14)13-29-20(15-5-3-9-28-15)21(23)30-25(33)22-24(26)32-38-31-22/h3,5-7,9,11,13,18,27-28,34-36H,2,4,8,10,12H2,1H3,(H2,26,32)/t18-/m0/s1. The van der Waals surface area contributed by atoms with Crippen LogP contribution in [0.2, 0.25) is 0 Å². The minimum Gasteiger partial charge on any atom is -0.504 e. The van der Waals surface area contributed by atoms with Gasteiger partial charge < -0.3 is 40.7 Å². The number of pyridine rings is 1. The van der Waals surface area contributed by atoms with Crippen LogP contribution in [0.4, 0.5) is 5.82 Å². The number of fused-ring (bicyclic) bond motifs is 1. The van der Waals surface area contributed by atoms with Crippen molar-refractivity contribution in [2.24, 2.45) is 0 Å². The van der Waals surface area contributed by atoms with Crippen molar-refractivity contribution >= 4 is 16.9 Å². The minimum absolute atomic E-state index is 0.141. The minimum atomic E-state index is -0.831. The summed E-state index contributed by atoms with van der Waals surface area (Å²) in [7, 11) is 0. The van der Waals surface area contributed by atoms with Crippen molar-refractivity contribution in [3.63, 3.8) is 0 Å².